The molecular weight excluding hydrogens is 232 g/mol. The van der Waals surface area contributed by atoms with Gasteiger partial charge < -0.3 is 0 Å². The molecule has 0 saturated heterocycles. The van der Waals surface area contributed by atoms with Crippen molar-refractivity contribution in [3.63, 3.8) is 0 Å². The van der Waals surface area contributed by atoms with E-state index < -0.39 is 11.2 Å². The Morgan fingerprint density at radius 3 is 2.00 bits per heavy atom. The van der Waals surface area contributed by atoms with Gasteiger partial charge in [-0.25, -0.2) is 9.68 Å². The van der Waals surface area contributed by atoms with E-state index in [0.29, 0.717) is 5.69 Å². The summed E-state index contributed by atoms with van der Waals surface area (Å²) in [5.41, 5.74) is -0.390. The van der Waals surface area contributed by atoms with Crippen molar-refractivity contribution in [3.8, 4) is 0 Å². The van der Waals surface area contributed by atoms with Crippen LogP contribution in [0, 0.1) is 5.41 Å². The summed E-state index contributed by atoms with van der Waals surface area (Å²) < 4.78 is 0. The summed E-state index contributed by atoms with van der Waals surface area (Å²) in [6.45, 7) is 11.4. The van der Waals surface area contributed by atoms with E-state index in [1.165, 1.54) is 0 Å². The fraction of sp³-hybridized carbons (Fsp3) is 0.667. The van der Waals surface area contributed by atoms with Crippen molar-refractivity contribution in [2.45, 2.75) is 52.7 Å². The molecule has 0 aliphatic carbocycles. The molecule has 18 heavy (non-hydrogen) atoms. The molecule has 0 aliphatic rings. The van der Waals surface area contributed by atoms with Crippen molar-refractivity contribution < 1.29 is 9.68 Å². The average Bonchev–Trinajstić information content (AvgIpc) is 2.63. The molecule has 0 spiro atoms. The van der Waals surface area contributed by atoms with Crippen LogP contribution >= 0.6 is 0 Å². The van der Waals surface area contributed by atoms with Gasteiger partial charge in [-0.3, -0.25) is 10.5 Å². The zero-order valence-electron chi connectivity index (χ0n) is 11.9. The van der Waals surface area contributed by atoms with Crippen molar-refractivity contribution in [2.24, 2.45) is 0 Å². The maximum absolute atomic E-state index is 8.07. The largest absolute Gasteiger partial charge is 0.279 e. The van der Waals surface area contributed by atoms with Crippen LogP contribution in [0.2, 0.25) is 0 Å². The van der Waals surface area contributed by atoms with E-state index in [-0.39, 0.29) is 5.84 Å². The van der Waals surface area contributed by atoms with Crippen molar-refractivity contribution in [3.05, 3.63) is 18.0 Å². The quantitative estimate of drug-likeness (QED) is 0.494. The van der Waals surface area contributed by atoms with E-state index in [1.54, 1.807) is 12.3 Å². The molecule has 0 aliphatic heterocycles. The zero-order chi connectivity index (χ0) is 14.0. The maximum Gasteiger partial charge on any atom is 0.201 e. The molecule has 1 aromatic heterocycles. The van der Waals surface area contributed by atoms with Gasteiger partial charge in [0, 0.05) is 6.20 Å². The molecule has 0 unspecified atom stereocenters. The van der Waals surface area contributed by atoms with Crippen LogP contribution < -0.4 is 0 Å². The number of aromatic nitrogens is 2. The Morgan fingerprint density at radius 1 is 1.17 bits per heavy atom. The molecule has 1 aromatic rings. The zero-order valence-corrected chi connectivity index (χ0v) is 11.9. The van der Waals surface area contributed by atoms with Crippen LogP contribution in [0.15, 0.2) is 12.3 Å². The molecule has 2 N–H and O–H groups in total. The standard InChI is InChI=1S/C12H22N4O2/c1-11(2,3)17-16(18-12(4,5)6)10(13)9-7-8-14-15-9/h7-8,13H,1-6H3,(H,14,15). The predicted molar refractivity (Wildman–Crippen MR) is 68.9 cm³/mol. The second-order valence-corrected chi connectivity index (χ2v) is 5.98. The third-order valence-corrected chi connectivity index (χ3v) is 1.65. The number of hydroxylamine groups is 2. The first kappa shape index (κ1) is 14.7. The Labute approximate surface area is 108 Å². The lowest BCUT2D eigenvalue weighted by Gasteiger charge is -2.34. The minimum Gasteiger partial charge on any atom is -0.279 e. The summed E-state index contributed by atoms with van der Waals surface area (Å²) in [6.07, 6.45) is 1.58. The van der Waals surface area contributed by atoms with Crippen LogP contribution in [0.5, 0.6) is 0 Å². The number of nitrogens with zero attached hydrogens (tertiary/aromatic N) is 2. The van der Waals surface area contributed by atoms with Gasteiger partial charge in [-0.05, 0) is 47.6 Å². The first-order chi connectivity index (χ1) is 8.08. The number of hydrogen-bond donors (Lipinski definition) is 2. The second kappa shape index (κ2) is 5.07. The molecule has 1 rings (SSSR count). The first-order valence-electron chi connectivity index (χ1n) is 5.85. The molecular formula is C12H22N4O2. The summed E-state index contributed by atoms with van der Waals surface area (Å²) in [5, 5.41) is 15.7. The van der Waals surface area contributed by atoms with Crippen molar-refractivity contribution >= 4 is 5.84 Å². The first-order valence-corrected chi connectivity index (χ1v) is 5.85. The van der Waals surface area contributed by atoms with Gasteiger partial charge in [0.05, 0.1) is 11.2 Å². The molecule has 0 amide bonds. The van der Waals surface area contributed by atoms with Crippen LogP contribution in [0.3, 0.4) is 0 Å². The minimum absolute atomic E-state index is 0.0809. The number of H-pyrrole nitrogens is 1. The molecule has 0 fully saturated rings. The predicted octanol–water partition coefficient (Wildman–Crippen LogP) is 2.50. The highest BCUT2D eigenvalue weighted by Crippen LogP contribution is 2.18. The SMILES string of the molecule is CC(C)(C)ON(OC(C)(C)C)C(=N)c1ccn[nH]1. The molecule has 0 aromatic carbocycles. The van der Waals surface area contributed by atoms with E-state index >= 15 is 0 Å². The second-order valence-electron chi connectivity index (χ2n) is 5.98. The summed E-state index contributed by atoms with van der Waals surface area (Å²) in [7, 11) is 0. The Morgan fingerprint density at radius 2 is 1.67 bits per heavy atom. The number of rotatable bonds is 3. The molecule has 0 bridgehead atoms. The molecule has 0 atom stereocenters. The highest BCUT2D eigenvalue weighted by atomic mass is 17.0. The van der Waals surface area contributed by atoms with Gasteiger partial charge in [0.2, 0.25) is 5.84 Å². The van der Waals surface area contributed by atoms with Gasteiger partial charge in [-0.1, -0.05) is 0 Å². The normalized spacial score (nSPS) is 12.6. The van der Waals surface area contributed by atoms with E-state index in [2.05, 4.69) is 10.2 Å². The molecule has 1 heterocycles. The summed E-state index contributed by atoms with van der Waals surface area (Å²) in [6, 6.07) is 1.69. The monoisotopic (exact) mass is 254 g/mol. The Balaban J connectivity index is 2.87. The summed E-state index contributed by atoms with van der Waals surface area (Å²) in [4.78, 5) is 11.3. The van der Waals surface area contributed by atoms with Crippen LogP contribution in [0.4, 0.5) is 0 Å². The van der Waals surface area contributed by atoms with Gasteiger partial charge in [-0.15, -0.1) is 5.23 Å². The van der Waals surface area contributed by atoms with Gasteiger partial charge in [0.15, 0.2) is 0 Å². The molecule has 6 heteroatoms. The number of nitrogens with one attached hydrogen (secondary N) is 2. The fourth-order valence-corrected chi connectivity index (χ4v) is 1.09. The van der Waals surface area contributed by atoms with E-state index in [0.717, 1.165) is 5.23 Å². The molecule has 0 radical (unpaired) electrons. The highest BCUT2D eigenvalue weighted by molar-refractivity contribution is 5.92. The molecule has 102 valence electrons. The number of aromatic amines is 1. The van der Waals surface area contributed by atoms with Crippen LogP contribution in [-0.4, -0.2) is 32.5 Å². The molecule has 6 nitrogen and oxygen atoms in total. The van der Waals surface area contributed by atoms with Crippen LogP contribution in [-0.2, 0) is 9.68 Å². The third-order valence-electron chi connectivity index (χ3n) is 1.65. The fourth-order valence-electron chi connectivity index (χ4n) is 1.09. The average molecular weight is 254 g/mol. The topological polar surface area (TPSA) is 74.2 Å². The number of amidine groups is 1. The van der Waals surface area contributed by atoms with Crippen molar-refractivity contribution in [1.82, 2.24) is 15.4 Å². The van der Waals surface area contributed by atoms with Crippen molar-refractivity contribution in [2.75, 3.05) is 0 Å². The van der Waals surface area contributed by atoms with Gasteiger partial charge in [0.1, 0.15) is 5.69 Å². The summed E-state index contributed by atoms with van der Waals surface area (Å²) in [5.74, 6) is 0.0809. The highest BCUT2D eigenvalue weighted by Gasteiger charge is 2.27. The Kier molecular flexibility index (Phi) is 4.13. The van der Waals surface area contributed by atoms with E-state index in [4.69, 9.17) is 15.1 Å². The van der Waals surface area contributed by atoms with Crippen LogP contribution in [0.1, 0.15) is 47.2 Å². The summed E-state index contributed by atoms with van der Waals surface area (Å²) >= 11 is 0. The molecule has 0 saturated carbocycles. The lowest BCUT2D eigenvalue weighted by Crippen LogP contribution is -2.43. The van der Waals surface area contributed by atoms with E-state index in [1.807, 2.05) is 41.5 Å². The Bertz CT molecular complexity index is 371. The van der Waals surface area contributed by atoms with E-state index in [9.17, 15) is 0 Å². The number of hydrogen-bond acceptors (Lipinski definition) is 4. The Hall–Kier alpha value is -1.40. The van der Waals surface area contributed by atoms with Crippen LogP contribution in [0.25, 0.3) is 0 Å². The lowest BCUT2D eigenvalue weighted by atomic mass is 10.2. The van der Waals surface area contributed by atoms with Gasteiger partial charge >= 0.3 is 0 Å². The minimum atomic E-state index is -0.461. The van der Waals surface area contributed by atoms with Crippen molar-refractivity contribution in [1.29, 1.82) is 5.41 Å². The van der Waals surface area contributed by atoms with Gasteiger partial charge in [-0.2, -0.15) is 5.10 Å². The maximum atomic E-state index is 8.07. The smallest absolute Gasteiger partial charge is 0.201 e. The third kappa shape index (κ3) is 4.85. The van der Waals surface area contributed by atoms with Gasteiger partial charge in [0.25, 0.3) is 0 Å². The lowest BCUT2D eigenvalue weighted by molar-refractivity contribution is -0.385.